The van der Waals surface area contributed by atoms with Gasteiger partial charge in [-0.2, -0.15) is 13.9 Å². The Morgan fingerprint density at radius 3 is 2.76 bits per heavy atom. The largest absolute Gasteiger partial charge is 0.338 e. The lowest BCUT2D eigenvalue weighted by atomic mass is 10.1. The molecule has 1 saturated heterocycles. The van der Waals surface area contributed by atoms with E-state index in [0.717, 1.165) is 25.9 Å². The number of amides is 1. The summed E-state index contributed by atoms with van der Waals surface area (Å²) in [4.78, 5) is 14.3. The number of hydrogen-bond acceptors (Lipinski definition) is 3. The van der Waals surface area contributed by atoms with Crippen molar-refractivity contribution in [3.8, 4) is 0 Å². The van der Waals surface area contributed by atoms with Crippen molar-refractivity contribution in [2.24, 2.45) is 0 Å². The highest BCUT2D eigenvalue weighted by molar-refractivity contribution is 5.80. The lowest BCUT2D eigenvalue weighted by Gasteiger charge is -2.24. The van der Waals surface area contributed by atoms with Crippen molar-refractivity contribution in [1.82, 2.24) is 20.0 Å². The Labute approximate surface area is 123 Å². The number of carbonyl (C=O) groups excluding carboxylic acids is 1. The van der Waals surface area contributed by atoms with Gasteiger partial charge < -0.3 is 10.2 Å². The molecule has 0 radical (unpaired) electrons. The van der Waals surface area contributed by atoms with E-state index in [1.165, 1.54) is 0 Å². The van der Waals surface area contributed by atoms with Crippen molar-refractivity contribution in [2.45, 2.75) is 45.7 Å². The SMILES string of the molecule is CNCC1CCCN1C(=O)Cc1c(C)nn(C(F)F)c1C. The summed E-state index contributed by atoms with van der Waals surface area (Å²) in [7, 11) is 1.86. The number of rotatable bonds is 5. The Balaban J connectivity index is 2.13. The summed E-state index contributed by atoms with van der Waals surface area (Å²) in [6.07, 6.45) is 2.12. The zero-order valence-electron chi connectivity index (χ0n) is 12.7. The molecule has 0 aliphatic carbocycles. The number of alkyl halides is 2. The van der Waals surface area contributed by atoms with E-state index in [1.807, 2.05) is 11.9 Å². The molecule has 0 aromatic carbocycles. The molecule has 2 rings (SSSR count). The standard InChI is InChI=1S/C14H22F2N4O/c1-9-12(10(2)20(18-9)14(15)16)7-13(21)19-6-4-5-11(19)8-17-3/h11,14,17H,4-8H2,1-3H3. The summed E-state index contributed by atoms with van der Waals surface area (Å²) in [5, 5.41) is 6.92. The van der Waals surface area contributed by atoms with E-state index in [9.17, 15) is 13.6 Å². The molecule has 1 unspecified atom stereocenters. The number of halogens is 2. The Bertz CT molecular complexity index is 515. The highest BCUT2D eigenvalue weighted by Crippen LogP contribution is 2.22. The molecule has 21 heavy (non-hydrogen) atoms. The molecular weight excluding hydrogens is 278 g/mol. The number of aromatic nitrogens is 2. The molecule has 1 aliphatic heterocycles. The van der Waals surface area contributed by atoms with E-state index >= 15 is 0 Å². The third-order valence-electron chi connectivity index (χ3n) is 4.12. The zero-order valence-corrected chi connectivity index (χ0v) is 12.7. The second-order valence-corrected chi connectivity index (χ2v) is 5.49. The first-order valence-electron chi connectivity index (χ1n) is 7.22. The summed E-state index contributed by atoms with van der Waals surface area (Å²) >= 11 is 0. The van der Waals surface area contributed by atoms with Crippen molar-refractivity contribution < 1.29 is 13.6 Å². The van der Waals surface area contributed by atoms with Gasteiger partial charge in [-0.3, -0.25) is 4.79 Å². The zero-order chi connectivity index (χ0) is 15.6. The van der Waals surface area contributed by atoms with Crippen LogP contribution in [-0.4, -0.2) is 46.8 Å². The van der Waals surface area contributed by atoms with Crippen LogP contribution in [0.15, 0.2) is 0 Å². The summed E-state index contributed by atoms with van der Waals surface area (Å²) in [6, 6.07) is 0.202. The Kier molecular flexibility index (Phi) is 4.92. The van der Waals surface area contributed by atoms with Crippen LogP contribution in [0.3, 0.4) is 0 Å². The second-order valence-electron chi connectivity index (χ2n) is 5.49. The van der Waals surface area contributed by atoms with Crippen molar-refractivity contribution >= 4 is 5.91 Å². The van der Waals surface area contributed by atoms with Gasteiger partial charge in [-0.15, -0.1) is 0 Å². The quantitative estimate of drug-likeness (QED) is 0.899. The molecule has 1 aromatic heterocycles. The summed E-state index contributed by atoms with van der Waals surface area (Å²) in [5.74, 6) is -0.00670. The van der Waals surface area contributed by atoms with Crippen LogP contribution in [0.25, 0.3) is 0 Å². The van der Waals surface area contributed by atoms with Gasteiger partial charge in [-0.25, -0.2) is 4.68 Å². The average Bonchev–Trinajstić information content (AvgIpc) is 2.98. The number of hydrogen-bond donors (Lipinski definition) is 1. The van der Waals surface area contributed by atoms with Gasteiger partial charge in [0, 0.05) is 30.4 Å². The number of nitrogens with one attached hydrogen (secondary N) is 1. The third-order valence-corrected chi connectivity index (χ3v) is 4.12. The van der Waals surface area contributed by atoms with Crippen LogP contribution < -0.4 is 5.32 Å². The summed E-state index contributed by atoms with van der Waals surface area (Å²) < 4.78 is 26.3. The van der Waals surface area contributed by atoms with Crippen LogP contribution in [0.5, 0.6) is 0 Å². The number of likely N-dealkylation sites (tertiary alicyclic amines) is 1. The molecule has 2 heterocycles. The van der Waals surface area contributed by atoms with E-state index in [0.29, 0.717) is 21.6 Å². The van der Waals surface area contributed by atoms with E-state index < -0.39 is 6.55 Å². The Hall–Kier alpha value is -1.50. The van der Waals surface area contributed by atoms with E-state index in [2.05, 4.69) is 10.4 Å². The lowest BCUT2D eigenvalue weighted by Crippen LogP contribution is -2.41. The Morgan fingerprint density at radius 1 is 1.48 bits per heavy atom. The van der Waals surface area contributed by atoms with E-state index in [-0.39, 0.29) is 18.4 Å². The highest BCUT2D eigenvalue weighted by Gasteiger charge is 2.29. The maximum atomic E-state index is 12.8. The summed E-state index contributed by atoms with van der Waals surface area (Å²) in [6.45, 7) is 2.09. The van der Waals surface area contributed by atoms with Crippen molar-refractivity contribution in [3.05, 3.63) is 17.0 Å². The van der Waals surface area contributed by atoms with Crippen molar-refractivity contribution in [1.29, 1.82) is 0 Å². The normalized spacial score (nSPS) is 18.8. The topological polar surface area (TPSA) is 50.2 Å². The van der Waals surface area contributed by atoms with Gasteiger partial charge in [0.2, 0.25) is 5.91 Å². The molecule has 1 aromatic rings. The fourth-order valence-electron chi connectivity index (χ4n) is 3.01. The van der Waals surface area contributed by atoms with Crippen molar-refractivity contribution in [2.75, 3.05) is 20.1 Å². The molecular formula is C14H22F2N4O. The van der Waals surface area contributed by atoms with Crippen LogP contribution in [0.4, 0.5) is 8.78 Å². The molecule has 0 bridgehead atoms. The Morgan fingerprint density at radius 2 is 2.19 bits per heavy atom. The molecule has 5 nitrogen and oxygen atoms in total. The number of aryl methyl sites for hydroxylation is 1. The third kappa shape index (κ3) is 3.23. The number of likely N-dealkylation sites (N-methyl/N-ethyl adjacent to an activating group) is 1. The average molecular weight is 300 g/mol. The van der Waals surface area contributed by atoms with Gasteiger partial charge in [-0.1, -0.05) is 0 Å². The van der Waals surface area contributed by atoms with Crippen LogP contribution in [0.1, 0.15) is 36.3 Å². The molecule has 7 heteroatoms. The summed E-state index contributed by atoms with van der Waals surface area (Å²) in [5.41, 5.74) is 1.50. The van der Waals surface area contributed by atoms with Crippen LogP contribution >= 0.6 is 0 Å². The van der Waals surface area contributed by atoms with Crippen LogP contribution in [0.2, 0.25) is 0 Å². The molecule has 1 fully saturated rings. The second kappa shape index (κ2) is 6.51. The van der Waals surface area contributed by atoms with Gasteiger partial charge in [0.05, 0.1) is 12.1 Å². The first-order chi connectivity index (χ1) is 9.95. The van der Waals surface area contributed by atoms with Gasteiger partial charge in [0.1, 0.15) is 0 Å². The van der Waals surface area contributed by atoms with E-state index in [4.69, 9.17) is 0 Å². The predicted octanol–water partition coefficient (Wildman–Crippen LogP) is 1.65. The highest BCUT2D eigenvalue weighted by atomic mass is 19.3. The molecule has 0 saturated carbocycles. The minimum absolute atomic E-state index is 0.00670. The minimum Gasteiger partial charge on any atom is -0.338 e. The molecule has 1 aliphatic rings. The first kappa shape index (κ1) is 15.9. The maximum Gasteiger partial charge on any atom is 0.333 e. The fraction of sp³-hybridized carbons (Fsp3) is 0.714. The van der Waals surface area contributed by atoms with Crippen LogP contribution in [-0.2, 0) is 11.2 Å². The van der Waals surface area contributed by atoms with Crippen molar-refractivity contribution in [3.63, 3.8) is 0 Å². The fourth-order valence-corrected chi connectivity index (χ4v) is 3.01. The van der Waals surface area contributed by atoms with Gasteiger partial charge in [0.25, 0.3) is 0 Å². The number of carbonyl (C=O) groups is 1. The molecule has 1 amide bonds. The number of nitrogens with zero attached hydrogens (tertiary/aromatic N) is 3. The molecule has 118 valence electrons. The van der Waals surface area contributed by atoms with Crippen LogP contribution in [0, 0.1) is 13.8 Å². The predicted molar refractivity (Wildman–Crippen MR) is 75.3 cm³/mol. The minimum atomic E-state index is -2.67. The monoisotopic (exact) mass is 300 g/mol. The van der Waals surface area contributed by atoms with E-state index in [1.54, 1.807) is 13.8 Å². The first-order valence-corrected chi connectivity index (χ1v) is 7.22. The van der Waals surface area contributed by atoms with Gasteiger partial charge >= 0.3 is 6.55 Å². The lowest BCUT2D eigenvalue weighted by molar-refractivity contribution is -0.131. The maximum absolute atomic E-state index is 12.8. The molecule has 0 spiro atoms. The molecule has 1 N–H and O–H groups in total. The smallest absolute Gasteiger partial charge is 0.333 e. The van der Waals surface area contributed by atoms with Gasteiger partial charge in [-0.05, 0) is 33.7 Å². The van der Waals surface area contributed by atoms with Gasteiger partial charge in [0.15, 0.2) is 0 Å². The molecule has 1 atom stereocenters.